The van der Waals surface area contributed by atoms with Gasteiger partial charge in [0.15, 0.2) is 11.4 Å². The number of aromatic nitrogens is 1. The molecule has 1 unspecified atom stereocenters. The smallest absolute Gasteiger partial charge is 0.177 e. The molecule has 0 amide bonds. The predicted molar refractivity (Wildman–Crippen MR) is 84.2 cm³/mol. The largest absolute Gasteiger partial charge is 0.490 e. The number of fused-ring (bicyclic) bond motifs is 4. The van der Waals surface area contributed by atoms with Crippen LogP contribution in [0.3, 0.4) is 0 Å². The van der Waals surface area contributed by atoms with E-state index in [0.29, 0.717) is 12.1 Å². The van der Waals surface area contributed by atoms with E-state index in [1.807, 2.05) is 12.1 Å². The van der Waals surface area contributed by atoms with Crippen LogP contribution in [-0.2, 0) is 0 Å². The van der Waals surface area contributed by atoms with E-state index in [1.165, 1.54) is 38.8 Å². The van der Waals surface area contributed by atoms with Gasteiger partial charge in [0.05, 0.1) is 11.5 Å². The Kier molecular flexibility index (Phi) is 2.83. The van der Waals surface area contributed by atoms with Gasteiger partial charge < -0.3 is 19.5 Å². The third-order valence-electron chi connectivity index (χ3n) is 5.25. The zero-order valence-electron chi connectivity index (χ0n) is 12.6. The molecule has 1 aromatic heterocycles. The Hall–Kier alpha value is -1.75. The molecule has 2 bridgehead atoms. The van der Waals surface area contributed by atoms with E-state index in [-0.39, 0.29) is 0 Å². The van der Waals surface area contributed by atoms with Gasteiger partial charge in [0.25, 0.3) is 0 Å². The molecule has 0 spiro atoms. The van der Waals surface area contributed by atoms with Gasteiger partial charge in [-0.1, -0.05) is 5.16 Å². The van der Waals surface area contributed by atoms with Crippen molar-refractivity contribution in [3.63, 3.8) is 0 Å². The lowest BCUT2D eigenvalue weighted by molar-refractivity contribution is 0.0973. The van der Waals surface area contributed by atoms with E-state index in [4.69, 9.17) is 9.26 Å². The normalized spacial score (nSPS) is 30.6. The first-order chi connectivity index (χ1) is 10.8. The highest BCUT2D eigenvalue weighted by molar-refractivity contribution is 5.89. The second-order valence-corrected chi connectivity index (χ2v) is 6.90. The summed E-state index contributed by atoms with van der Waals surface area (Å²) in [4.78, 5) is 2.54. The molecule has 1 aliphatic carbocycles. The standard InChI is InChI=1S/C17H21N3O2/c1-2-12(1)21-13-3-4-14-16(9-13)22-19-17(14)18-15-10-20-7-5-11(15)6-8-20/h3-4,9,11-12,15H,1-2,5-8,10H2,(H,18,19). The third kappa shape index (κ3) is 2.24. The molecule has 22 heavy (non-hydrogen) atoms. The van der Waals surface area contributed by atoms with Gasteiger partial charge in [0, 0.05) is 18.7 Å². The number of benzene rings is 1. The summed E-state index contributed by atoms with van der Waals surface area (Å²) in [6.45, 7) is 3.64. The van der Waals surface area contributed by atoms with Crippen molar-refractivity contribution in [3.05, 3.63) is 18.2 Å². The highest BCUT2D eigenvalue weighted by Gasteiger charge is 2.34. The zero-order valence-corrected chi connectivity index (χ0v) is 12.6. The monoisotopic (exact) mass is 299 g/mol. The molecular formula is C17H21N3O2. The second-order valence-electron chi connectivity index (χ2n) is 6.90. The highest BCUT2D eigenvalue weighted by atomic mass is 16.5. The summed E-state index contributed by atoms with van der Waals surface area (Å²) in [5, 5.41) is 8.92. The minimum atomic E-state index is 0.407. The molecule has 0 radical (unpaired) electrons. The average Bonchev–Trinajstić information content (AvgIpc) is 3.29. The van der Waals surface area contributed by atoms with Gasteiger partial charge in [-0.3, -0.25) is 0 Å². The maximum absolute atomic E-state index is 5.82. The van der Waals surface area contributed by atoms with Crippen molar-refractivity contribution in [2.24, 2.45) is 5.92 Å². The molecule has 5 heteroatoms. The van der Waals surface area contributed by atoms with E-state index in [1.54, 1.807) is 0 Å². The quantitative estimate of drug-likeness (QED) is 0.941. The first kappa shape index (κ1) is 12.8. The number of nitrogens with one attached hydrogen (secondary N) is 1. The van der Waals surface area contributed by atoms with Crippen molar-refractivity contribution in [1.82, 2.24) is 10.1 Å². The Labute approximate surface area is 129 Å². The molecule has 4 fully saturated rings. The van der Waals surface area contributed by atoms with E-state index < -0.39 is 0 Å². The van der Waals surface area contributed by atoms with Crippen molar-refractivity contribution >= 4 is 16.8 Å². The molecule has 116 valence electrons. The zero-order chi connectivity index (χ0) is 14.5. The van der Waals surface area contributed by atoms with Crippen LogP contribution in [0.25, 0.3) is 11.0 Å². The molecule has 1 N–H and O–H groups in total. The van der Waals surface area contributed by atoms with Gasteiger partial charge in [-0.05, 0) is 56.8 Å². The van der Waals surface area contributed by atoms with Crippen molar-refractivity contribution in [1.29, 1.82) is 0 Å². The van der Waals surface area contributed by atoms with E-state index in [9.17, 15) is 0 Å². The van der Waals surface area contributed by atoms with Crippen LogP contribution in [0, 0.1) is 5.92 Å². The fraction of sp³-hybridized carbons (Fsp3) is 0.588. The van der Waals surface area contributed by atoms with Gasteiger partial charge in [0.2, 0.25) is 0 Å². The summed E-state index contributed by atoms with van der Waals surface area (Å²) in [7, 11) is 0. The molecule has 3 aliphatic heterocycles. The molecule has 5 nitrogen and oxygen atoms in total. The van der Waals surface area contributed by atoms with Crippen LogP contribution >= 0.6 is 0 Å². The van der Waals surface area contributed by atoms with Crippen molar-refractivity contribution in [2.75, 3.05) is 25.0 Å². The van der Waals surface area contributed by atoms with E-state index in [0.717, 1.165) is 35.0 Å². The number of hydrogen-bond acceptors (Lipinski definition) is 5. The Morgan fingerprint density at radius 3 is 2.77 bits per heavy atom. The molecule has 4 aliphatic rings. The first-order valence-electron chi connectivity index (χ1n) is 8.40. The molecule has 1 aromatic carbocycles. The summed E-state index contributed by atoms with van der Waals surface area (Å²) in [6, 6.07) is 6.55. The van der Waals surface area contributed by atoms with Gasteiger partial charge in [-0.2, -0.15) is 0 Å². The average molecular weight is 299 g/mol. The Morgan fingerprint density at radius 2 is 2.05 bits per heavy atom. The van der Waals surface area contributed by atoms with Crippen LogP contribution in [-0.4, -0.2) is 41.8 Å². The van der Waals surface area contributed by atoms with Crippen LogP contribution in [0.4, 0.5) is 5.82 Å². The number of anilines is 1. The third-order valence-corrected chi connectivity index (χ3v) is 5.25. The van der Waals surface area contributed by atoms with Crippen LogP contribution in [0.1, 0.15) is 25.7 Å². The molecule has 2 aromatic rings. The minimum Gasteiger partial charge on any atom is -0.490 e. The fourth-order valence-corrected chi connectivity index (χ4v) is 3.78. The van der Waals surface area contributed by atoms with Gasteiger partial charge in [0.1, 0.15) is 5.75 Å². The first-order valence-corrected chi connectivity index (χ1v) is 8.40. The summed E-state index contributed by atoms with van der Waals surface area (Å²) < 4.78 is 11.3. The molecule has 3 saturated heterocycles. The number of ether oxygens (including phenoxy) is 1. The lowest BCUT2D eigenvalue weighted by Gasteiger charge is -2.44. The van der Waals surface area contributed by atoms with Gasteiger partial charge in [-0.25, -0.2) is 0 Å². The SMILES string of the molecule is c1cc2c(NC3CN4CCC3CC4)noc2cc1OC1CC1. The minimum absolute atomic E-state index is 0.407. The topological polar surface area (TPSA) is 50.5 Å². The maximum atomic E-state index is 5.82. The lowest BCUT2D eigenvalue weighted by Crippen LogP contribution is -2.53. The molecule has 1 saturated carbocycles. The number of nitrogens with zero attached hydrogens (tertiary/aromatic N) is 2. The Bertz CT molecular complexity index is 686. The Morgan fingerprint density at radius 1 is 1.18 bits per heavy atom. The van der Waals surface area contributed by atoms with Crippen LogP contribution < -0.4 is 10.1 Å². The maximum Gasteiger partial charge on any atom is 0.177 e. The predicted octanol–water partition coefficient (Wildman–Crippen LogP) is 2.88. The van der Waals surface area contributed by atoms with Crippen LogP contribution in [0.2, 0.25) is 0 Å². The van der Waals surface area contributed by atoms with Crippen molar-refractivity contribution in [2.45, 2.75) is 37.8 Å². The van der Waals surface area contributed by atoms with E-state index >= 15 is 0 Å². The summed E-state index contributed by atoms with van der Waals surface area (Å²) in [5.41, 5.74) is 0.807. The summed E-state index contributed by atoms with van der Waals surface area (Å²) in [5.74, 6) is 2.54. The Balaban J connectivity index is 1.37. The lowest BCUT2D eigenvalue weighted by atomic mass is 9.84. The fourth-order valence-electron chi connectivity index (χ4n) is 3.78. The summed E-state index contributed by atoms with van der Waals surface area (Å²) >= 11 is 0. The molecule has 1 atom stereocenters. The second kappa shape index (κ2) is 4.88. The number of piperidine rings is 3. The van der Waals surface area contributed by atoms with Crippen molar-refractivity contribution < 1.29 is 9.26 Å². The summed E-state index contributed by atoms with van der Waals surface area (Å²) in [6.07, 6.45) is 5.34. The van der Waals surface area contributed by atoms with Crippen molar-refractivity contribution in [3.8, 4) is 5.75 Å². The van der Waals surface area contributed by atoms with E-state index in [2.05, 4.69) is 21.4 Å². The van der Waals surface area contributed by atoms with Crippen LogP contribution in [0.5, 0.6) is 5.75 Å². The van der Waals surface area contributed by atoms with Crippen LogP contribution in [0.15, 0.2) is 22.7 Å². The van der Waals surface area contributed by atoms with Gasteiger partial charge in [-0.15, -0.1) is 0 Å². The number of hydrogen-bond donors (Lipinski definition) is 1. The number of rotatable bonds is 4. The highest BCUT2D eigenvalue weighted by Crippen LogP contribution is 2.34. The molecular weight excluding hydrogens is 278 g/mol. The van der Waals surface area contributed by atoms with Gasteiger partial charge >= 0.3 is 0 Å². The molecule has 6 rings (SSSR count). The molecule has 4 heterocycles.